The molecule has 0 aliphatic carbocycles. The minimum Gasteiger partial charge on any atom is -0.466 e. The highest BCUT2D eigenvalue weighted by Gasteiger charge is 2.04. The maximum absolute atomic E-state index is 11.6. The van der Waals surface area contributed by atoms with Crippen molar-refractivity contribution in [3.63, 3.8) is 0 Å². The third kappa shape index (κ3) is 7.40. The molecule has 1 aromatic rings. The molecule has 0 saturated carbocycles. The lowest BCUT2D eigenvalue weighted by molar-refractivity contribution is -0.143. The van der Waals surface area contributed by atoms with Crippen LogP contribution in [0.15, 0.2) is 29.2 Å². The van der Waals surface area contributed by atoms with E-state index in [2.05, 4.69) is 5.32 Å². The maximum Gasteiger partial charge on any atom is 0.305 e. The Hall–Kier alpha value is -1.20. The molecule has 0 bridgehead atoms. The zero-order valence-corrected chi connectivity index (χ0v) is 12.9. The van der Waals surface area contributed by atoms with Gasteiger partial charge >= 0.3 is 5.97 Å². The van der Waals surface area contributed by atoms with E-state index >= 15 is 0 Å². The number of esters is 1. The first-order valence-corrected chi connectivity index (χ1v) is 7.79. The highest BCUT2D eigenvalue weighted by molar-refractivity contribution is 8.00. The monoisotopic (exact) mass is 315 g/mol. The van der Waals surface area contributed by atoms with Gasteiger partial charge in [-0.2, -0.15) is 0 Å². The summed E-state index contributed by atoms with van der Waals surface area (Å²) in [6.07, 6.45) is 0.919. The minimum atomic E-state index is -0.227. The molecular weight excluding hydrogens is 298 g/mol. The van der Waals surface area contributed by atoms with Crippen LogP contribution in [0.1, 0.15) is 19.8 Å². The first-order valence-electron chi connectivity index (χ1n) is 6.42. The lowest BCUT2D eigenvalue weighted by Crippen LogP contribution is -2.26. The van der Waals surface area contributed by atoms with Gasteiger partial charge in [-0.3, -0.25) is 9.59 Å². The highest BCUT2D eigenvalue weighted by Crippen LogP contribution is 2.21. The zero-order valence-electron chi connectivity index (χ0n) is 11.4. The van der Waals surface area contributed by atoms with Crippen molar-refractivity contribution in [2.45, 2.75) is 24.7 Å². The van der Waals surface area contributed by atoms with Crippen LogP contribution in [-0.4, -0.2) is 30.8 Å². The fourth-order valence-electron chi connectivity index (χ4n) is 1.45. The molecule has 0 aliphatic heterocycles. The van der Waals surface area contributed by atoms with Crippen LogP contribution in [0.25, 0.3) is 0 Å². The number of hydrogen-bond acceptors (Lipinski definition) is 4. The summed E-state index contributed by atoms with van der Waals surface area (Å²) in [5.41, 5.74) is 0. The molecule has 0 aliphatic rings. The number of benzene rings is 1. The molecule has 4 nitrogen and oxygen atoms in total. The van der Waals surface area contributed by atoms with Gasteiger partial charge in [-0.05, 0) is 31.5 Å². The van der Waals surface area contributed by atoms with E-state index in [1.54, 1.807) is 13.0 Å². The fourth-order valence-corrected chi connectivity index (χ4v) is 2.49. The van der Waals surface area contributed by atoms with E-state index in [1.165, 1.54) is 11.8 Å². The zero-order chi connectivity index (χ0) is 14.8. The molecule has 0 heterocycles. The third-order valence-electron chi connectivity index (χ3n) is 2.35. The highest BCUT2D eigenvalue weighted by atomic mass is 35.5. The lowest BCUT2D eigenvalue weighted by atomic mass is 10.3. The number of halogens is 1. The van der Waals surface area contributed by atoms with Crippen LogP contribution in [0.5, 0.6) is 0 Å². The Balaban J connectivity index is 2.13. The summed E-state index contributed by atoms with van der Waals surface area (Å²) >= 11 is 7.29. The van der Waals surface area contributed by atoms with Gasteiger partial charge in [-0.15, -0.1) is 11.8 Å². The molecule has 1 rings (SSSR count). The quantitative estimate of drug-likeness (QED) is 0.455. The molecule has 110 valence electrons. The predicted molar refractivity (Wildman–Crippen MR) is 81.1 cm³/mol. The van der Waals surface area contributed by atoms with Gasteiger partial charge in [0.15, 0.2) is 0 Å². The van der Waals surface area contributed by atoms with Gasteiger partial charge in [-0.25, -0.2) is 0 Å². The van der Waals surface area contributed by atoms with Crippen molar-refractivity contribution in [1.29, 1.82) is 0 Å². The minimum absolute atomic E-state index is 0.0566. The molecule has 0 aromatic heterocycles. The Kier molecular flexibility index (Phi) is 8.14. The number of hydrogen-bond donors (Lipinski definition) is 1. The Labute approximate surface area is 128 Å². The van der Waals surface area contributed by atoms with E-state index in [-0.39, 0.29) is 11.9 Å². The standard InChI is InChI=1S/C14H18ClNO3S/c1-2-19-14(18)7-4-8-16-13(17)10-20-12-6-3-5-11(15)9-12/h3,5-6,9H,2,4,7-8,10H2,1H3,(H,16,17). The molecule has 0 atom stereocenters. The first-order chi connectivity index (χ1) is 9.61. The van der Waals surface area contributed by atoms with Gasteiger partial charge in [0.05, 0.1) is 12.4 Å². The SMILES string of the molecule is CCOC(=O)CCCNC(=O)CSc1cccc(Cl)c1. The van der Waals surface area contributed by atoms with E-state index < -0.39 is 0 Å². The van der Waals surface area contributed by atoms with E-state index in [9.17, 15) is 9.59 Å². The summed E-state index contributed by atoms with van der Waals surface area (Å²) in [7, 11) is 0. The molecule has 0 spiro atoms. The van der Waals surface area contributed by atoms with Crippen molar-refractivity contribution in [1.82, 2.24) is 5.32 Å². The van der Waals surface area contributed by atoms with Crippen LogP contribution >= 0.6 is 23.4 Å². The van der Waals surface area contributed by atoms with Gasteiger partial charge in [0.25, 0.3) is 0 Å². The number of carbonyl (C=O) groups excluding carboxylic acids is 2. The predicted octanol–water partition coefficient (Wildman–Crippen LogP) is 2.89. The summed E-state index contributed by atoms with van der Waals surface area (Å²) in [5, 5.41) is 3.42. The largest absolute Gasteiger partial charge is 0.466 e. The van der Waals surface area contributed by atoms with Gasteiger partial charge in [0.2, 0.25) is 5.91 Å². The summed E-state index contributed by atoms with van der Waals surface area (Å²) in [6, 6.07) is 7.37. The van der Waals surface area contributed by atoms with Crippen LogP contribution in [0.2, 0.25) is 5.02 Å². The summed E-state index contributed by atoms with van der Waals surface area (Å²) in [5.74, 6) is 0.0496. The molecule has 20 heavy (non-hydrogen) atoms. The summed E-state index contributed by atoms with van der Waals surface area (Å²) < 4.78 is 4.80. The first kappa shape index (κ1) is 16.9. The molecule has 1 amide bonds. The molecule has 6 heteroatoms. The van der Waals surface area contributed by atoms with Gasteiger partial charge in [0.1, 0.15) is 0 Å². The number of ether oxygens (including phenoxy) is 1. The lowest BCUT2D eigenvalue weighted by Gasteiger charge is -2.05. The van der Waals surface area contributed by atoms with Gasteiger partial charge in [-0.1, -0.05) is 17.7 Å². The van der Waals surface area contributed by atoms with Crippen molar-refractivity contribution in [3.8, 4) is 0 Å². The number of amides is 1. The van der Waals surface area contributed by atoms with Crippen molar-refractivity contribution >= 4 is 35.2 Å². The average Bonchev–Trinajstić information content (AvgIpc) is 2.42. The van der Waals surface area contributed by atoms with E-state index in [4.69, 9.17) is 16.3 Å². The van der Waals surface area contributed by atoms with Crippen molar-refractivity contribution in [3.05, 3.63) is 29.3 Å². The fraction of sp³-hybridized carbons (Fsp3) is 0.429. The Bertz CT molecular complexity index is 454. The van der Waals surface area contributed by atoms with Crippen LogP contribution in [0, 0.1) is 0 Å². The van der Waals surface area contributed by atoms with Crippen LogP contribution in [0.4, 0.5) is 0 Å². The molecule has 0 fully saturated rings. The molecule has 1 aromatic carbocycles. The van der Waals surface area contributed by atoms with Crippen molar-refractivity contribution < 1.29 is 14.3 Å². The number of thioether (sulfide) groups is 1. The second kappa shape index (κ2) is 9.66. The van der Waals surface area contributed by atoms with E-state index in [1.807, 2.05) is 18.2 Å². The maximum atomic E-state index is 11.6. The van der Waals surface area contributed by atoms with Gasteiger partial charge in [0, 0.05) is 22.9 Å². The van der Waals surface area contributed by atoms with Crippen LogP contribution < -0.4 is 5.32 Å². The van der Waals surface area contributed by atoms with Crippen molar-refractivity contribution in [2.24, 2.45) is 0 Å². The molecule has 0 unspecified atom stereocenters. The Morgan fingerprint density at radius 1 is 1.40 bits per heavy atom. The Morgan fingerprint density at radius 3 is 2.90 bits per heavy atom. The number of rotatable bonds is 8. The number of carbonyl (C=O) groups is 2. The van der Waals surface area contributed by atoms with Crippen molar-refractivity contribution in [2.75, 3.05) is 18.9 Å². The van der Waals surface area contributed by atoms with Crippen LogP contribution in [0.3, 0.4) is 0 Å². The normalized spacial score (nSPS) is 10.1. The molecular formula is C14H18ClNO3S. The molecule has 1 N–H and O–H groups in total. The second-order valence-corrected chi connectivity index (χ2v) is 5.49. The second-order valence-electron chi connectivity index (χ2n) is 4.00. The molecule has 0 radical (unpaired) electrons. The number of nitrogens with one attached hydrogen (secondary N) is 1. The van der Waals surface area contributed by atoms with Gasteiger partial charge < -0.3 is 10.1 Å². The van der Waals surface area contributed by atoms with Crippen LogP contribution in [-0.2, 0) is 14.3 Å². The molecule has 0 saturated heterocycles. The van der Waals surface area contributed by atoms with E-state index in [0.29, 0.717) is 36.8 Å². The average molecular weight is 316 g/mol. The third-order valence-corrected chi connectivity index (χ3v) is 3.58. The Morgan fingerprint density at radius 2 is 2.20 bits per heavy atom. The summed E-state index contributed by atoms with van der Waals surface area (Å²) in [6.45, 7) is 2.64. The smallest absolute Gasteiger partial charge is 0.305 e. The van der Waals surface area contributed by atoms with E-state index in [0.717, 1.165) is 4.90 Å². The summed E-state index contributed by atoms with van der Waals surface area (Å²) in [4.78, 5) is 23.6. The topological polar surface area (TPSA) is 55.4 Å².